The molecule has 0 radical (unpaired) electrons. The number of hydrogen-bond acceptors (Lipinski definition) is 5. The lowest BCUT2D eigenvalue weighted by Gasteiger charge is -2.20. The molecule has 2 N–H and O–H groups in total. The minimum Gasteiger partial charge on any atom is -0.497 e. The molecule has 6 heteroatoms. The Hall–Kier alpha value is -1.01. The summed E-state index contributed by atoms with van der Waals surface area (Å²) >= 11 is 5.56. The predicted molar refractivity (Wildman–Crippen MR) is 75.0 cm³/mol. The molecule has 0 amide bonds. The summed E-state index contributed by atoms with van der Waals surface area (Å²) in [5.41, 5.74) is 1.60. The molecule has 1 aromatic carbocycles. The molecule has 5 nitrogen and oxygen atoms in total. The minimum absolute atomic E-state index is 0.177. The summed E-state index contributed by atoms with van der Waals surface area (Å²) in [7, 11) is 4.72. The van der Waals surface area contributed by atoms with Crippen LogP contribution in [0.2, 0.25) is 0 Å². The number of aliphatic hydroxyl groups excluding tert-OH is 1. The van der Waals surface area contributed by atoms with E-state index in [1.807, 2.05) is 18.2 Å². The second-order valence-electron chi connectivity index (χ2n) is 3.95. The van der Waals surface area contributed by atoms with Crippen LogP contribution in [0.25, 0.3) is 0 Å². The summed E-state index contributed by atoms with van der Waals surface area (Å²) in [6.45, 7) is 0.350. The number of alkyl halides is 1. The first kappa shape index (κ1) is 16.0. The largest absolute Gasteiger partial charge is 0.497 e. The zero-order chi connectivity index (χ0) is 14.3. The van der Waals surface area contributed by atoms with Crippen molar-refractivity contribution in [2.45, 2.75) is 12.4 Å². The fourth-order valence-electron chi connectivity index (χ4n) is 1.66. The van der Waals surface area contributed by atoms with E-state index in [9.17, 15) is 5.11 Å². The average molecular weight is 290 g/mol. The van der Waals surface area contributed by atoms with E-state index in [2.05, 4.69) is 5.32 Å². The van der Waals surface area contributed by atoms with Gasteiger partial charge < -0.3 is 24.6 Å². The Morgan fingerprint density at radius 3 is 2.47 bits per heavy atom. The fourth-order valence-corrected chi connectivity index (χ4v) is 1.77. The summed E-state index contributed by atoms with van der Waals surface area (Å²) in [5, 5.41) is 12.6. The summed E-state index contributed by atoms with van der Waals surface area (Å²) in [6, 6.07) is 5.49. The number of ether oxygens (including phenoxy) is 3. The third-order valence-corrected chi connectivity index (χ3v) is 3.00. The molecule has 19 heavy (non-hydrogen) atoms. The Morgan fingerprint density at radius 1 is 1.26 bits per heavy atom. The summed E-state index contributed by atoms with van der Waals surface area (Å²) in [6.07, 6.45) is -1.12. The van der Waals surface area contributed by atoms with Crippen molar-refractivity contribution in [3.05, 3.63) is 23.8 Å². The van der Waals surface area contributed by atoms with Crippen LogP contribution in [0.1, 0.15) is 11.9 Å². The molecule has 0 saturated heterocycles. The van der Waals surface area contributed by atoms with Crippen molar-refractivity contribution in [2.24, 2.45) is 0 Å². The van der Waals surface area contributed by atoms with Crippen LogP contribution in [-0.2, 0) is 9.47 Å². The highest BCUT2D eigenvalue weighted by Crippen LogP contribution is 2.29. The standard InChI is InChI=1S/C13H20ClNO4/c1-17-10-4-5-12(15-8-9(16)7-14)11(6-10)13(18-2)19-3/h4-6,9,13,15-16H,7-8H2,1-3H3. The highest BCUT2D eigenvalue weighted by atomic mass is 35.5. The first-order chi connectivity index (χ1) is 9.15. The van der Waals surface area contributed by atoms with Gasteiger partial charge in [0.05, 0.1) is 19.1 Å². The molecule has 0 aromatic heterocycles. The van der Waals surface area contributed by atoms with Gasteiger partial charge in [0, 0.05) is 32.0 Å². The molecule has 0 heterocycles. The van der Waals surface area contributed by atoms with Gasteiger partial charge in [-0.25, -0.2) is 0 Å². The quantitative estimate of drug-likeness (QED) is 0.566. The van der Waals surface area contributed by atoms with Crippen LogP contribution in [0.3, 0.4) is 0 Å². The number of anilines is 1. The molecule has 0 aliphatic carbocycles. The average Bonchev–Trinajstić information content (AvgIpc) is 2.46. The van der Waals surface area contributed by atoms with E-state index in [1.54, 1.807) is 21.3 Å². The normalized spacial score (nSPS) is 12.5. The van der Waals surface area contributed by atoms with Crippen LogP contribution in [0.4, 0.5) is 5.69 Å². The molecule has 0 saturated carbocycles. The molecule has 0 aliphatic heterocycles. The van der Waals surface area contributed by atoms with Crippen LogP contribution in [-0.4, -0.2) is 45.0 Å². The maximum absolute atomic E-state index is 9.48. The van der Waals surface area contributed by atoms with E-state index in [-0.39, 0.29) is 5.88 Å². The van der Waals surface area contributed by atoms with Gasteiger partial charge in [0.2, 0.25) is 0 Å². The summed E-state index contributed by atoms with van der Waals surface area (Å²) in [4.78, 5) is 0. The maximum Gasteiger partial charge on any atom is 0.185 e. The van der Waals surface area contributed by atoms with Gasteiger partial charge in [0.1, 0.15) is 5.75 Å². The Kier molecular flexibility index (Phi) is 6.94. The second-order valence-corrected chi connectivity index (χ2v) is 4.25. The first-order valence-corrected chi connectivity index (χ1v) is 6.41. The van der Waals surface area contributed by atoms with E-state index in [1.165, 1.54) is 0 Å². The molecular formula is C13H20ClNO4. The number of methoxy groups -OCH3 is 3. The van der Waals surface area contributed by atoms with Crippen LogP contribution < -0.4 is 10.1 Å². The maximum atomic E-state index is 9.48. The number of halogens is 1. The van der Waals surface area contributed by atoms with Gasteiger partial charge in [-0.05, 0) is 18.2 Å². The SMILES string of the molecule is COc1ccc(NCC(O)CCl)c(C(OC)OC)c1. The van der Waals surface area contributed by atoms with Crippen molar-refractivity contribution in [1.82, 2.24) is 0 Å². The number of benzene rings is 1. The lowest BCUT2D eigenvalue weighted by atomic mass is 10.1. The van der Waals surface area contributed by atoms with E-state index in [0.29, 0.717) is 12.3 Å². The van der Waals surface area contributed by atoms with Gasteiger partial charge in [0.25, 0.3) is 0 Å². The molecule has 1 rings (SSSR count). The number of nitrogens with one attached hydrogen (secondary N) is 1. The topological polar surface area (TPSA) is 60.0 Å². The van der Waals surface area contributed by atoms with Crippen LogP contribution >= 0.6 is 11.6 Å². The third-order valence-electron chi connectivity index (χ3n) is 2.65. The Morgan fingerprint density at radius 2 is 1.95 bits per heavy atom. The fraction of sp³-hybridized carbons (Fsp3) is 0.538. The molecule has 0 spiro atoms. The third kappa shape index (κ3) is 4.54. The molecular weight excluding hydrogens is 270 g/mol. The zero-order valence-corrected chi connectivity index (χ0v) is 12.1. The van der Waals surface area contributed by atoms with Crippen molar-refractivity contribution in [3.8, 4) is 5.75 Å². The number of hydrogen-bond donors (Lipinski definition) is 2. The summed E-state index contributed by atoms with van der Waals surface area (Å²) < 4.78 is 15.7. The van der Waals surface area contributed by atoms with Crippen molar-refractivity contribution in [1.29, 1.82) is 0 Å². The minimum atomic E-state index is -0.611. The van der Waals surface area contributed by atoms with Gasteiger partial charge in [-0.2, -0.15) is 0 Å². The van der Waals surface area contributed by atoms with Crippen molar-refractivity contribution in [2.75, 3.05) is 39.1 Å². The molecule has 1 atom stereocenters. The molecule has 0 aliphatic rings. The van der Waals surface area contributed by atoms with Crippen molar-refractivity contribution < 1.29 is 19.3 Å². The highest BCUT2D eigenvalue weighted by molar-refractivity contribution is 6.18. The van der Waals surface area contributed by atoms with Crippen molar-refractivity contribution in [3.63, 3.8) is 0 Å². The Balaban J connectivity index is 2.94. The molecule has 1 unspecified atom stereocenters. The smallest absolute Gasteiger partial charge is 0.185 e. The monoisotopic (exact) mass is 289 g/mol. The van der Waals surface area contributed by atoms with Crippen LogP contribution in [0.15, 0.2) is 18.2 Å². The molecule has 0 fully saturated rings. The van der Waals surface area contributed by atoms with E-state index in [4.69, 9.17) is 25.8 Å². The van der Waals surface area contributed by atoms with E-state index < -0.39 is 12.4 Å². The van der Waals surface area contributed by atoms with Crippen LogP contribution in [0.5, 0.6) is 5.75 Å². The first-order valence-electron chi connectivity index (χ1n) is 5.87. The van der Waals surface area contributed by atoms with Gasteiger partial charge in [-0.15, -0.1) is 11.6 Å². The Labute approximate surface area is 118 Å². The predicted octanol–water partition coefficient (Wildman–Crippen LogP) is 2.00. The van der Waals surface area contributed by atoms with Gasteiger partial charge in [-0.1, -0.05) is 0 Å². The van der Waals surface area contributed by atoms with E-state index >= 15 is 0 Å². The summed E-state index contributed by atoms with van der Waals surface area (Å²) in [5.74, 6) is 0.883. The van der Waals surface area contributed by atoms with Crippen molar-refractivity contribution >= 4 is 17.3 Å². The van der Waals surface area contributed by atoms with Gasteiger partial charge >= 0.3 is 0 Å². The van der Waals surface area contributed by atoms with Gasteiger partial charge in [0.15, 0.2) is 6.29 Å². The van der Waals surface area contributed by atoms with Crippen LogP contribution in [0, 0.1) is 0 Å². The molecule has 0 bridgehead atoms. The number of aliphatic hydroxyl groups is 1. The Bertz CT molecular complexity index is 385. The highest BCUT2D eigenvalue weighted by Gasteiger charge is 2.16. The zero-order valence-electron chi connectivity index (χ0n) is 11.4. The van der Waals surface area contributed by atoms with E-state index in [0.717, 1.165) is 11.3 Å². The number of rotatable bonds is 8. The lowest BCUT2D eigenvalue weighted by molar-refractivity contribution is -0.105. The second kappa shape index (κ2) is 8.22. The molecule has 108 valence electrons. The van der Waals surface area contributed by atoms with Gasteiger partial charge in [-0.3, -0.25) is 0 Å². The molecule has 1 aromatic rings. The lowest BCUT2D eigenvalue weighted by Crippen LogP contribution is -2.22.